The molecule has 0 saturated heterocycles. The molecule has 1 heterocycles. The van der Waals surface area contributed by atoms with Crippen LogP contribution in [0, 0.1) is 6.92 Å². The summed E-state index contributed by atoms with van der Waals surface area (Å²) in [6.45, 7) is 3.02. The standard InChI is InChI=1S/C11H18N4O2/c1-8-3-4-14-11(10(8)12)15-7-9(16)13-5-6-17-2/h3-4H,5-7,12H2,1-2H3,(H,13,16)(H,14,15). The zero-order valence-electron chi connectivity index (χ0n) is 10.1. The van der Waals surface area contributed by atoms with Crippen molar-refractivity contribution < 1.29 is 9.53 Å². The van der Waals surface area contributed by atoms with Crippen molar-refractivity contribution >= 4 is 17.4 Å². The minimum atomic E-state index is -0.121. The summed E-state index contributed by atoms with van der Waals surface area (Å²) in [4.78, 5) is 15.5. The fourth-order valence-corrected chi connectivity index (χ4v) is 1.23. The first-order valence-corrected chi connectivity index (χ1v) is 5.35. The first-order chi connectivity index (χ1) is 8.15. The minimum Gasteiger partial charge on any atom is -0.396 e. The van der Waals surface area contributed by atoms with E-state index in [2.05, 4.69) is 15.6 Å². The monoisotopic (exact) mass is 238 g/mol. The number of aromatic nitrogens is 1. The summed E-state index contributed by atoms with van der Waals surface area (Å²) in [7, 11) is 1.59. The van der Waals surface area contributed by atoms with Crippen molar-refractivity contribution in [3.8, 4) is 0 Å². The molecule has 0 aliphatic heterocycles. The van der Waals surface area contributed by atoms with Gasteiger partial charge in [0.1, 0.15) is 5.82 Å². The molecule has 17 heavy (non-hydrogen) atoms. The van der Waals surface area contributed by atoms with E-state index < -0.39 is 0 Å². The predicted molar refractivity (Wildman–Crippen MR) is 66.8 cm³/mol. The number of methoxy groups -OCH3 is 1. The van der Waals surface area contributed by atoms with Crippen LogP contribution in [0.3, 0.4) is 0 Å². The van der Waals surface area contributed by atoms with E-state index in [-0.39, 0.29) is 12.5 Å². The Balaban J connectivity index is 2.39. The summed E-state index contributed by atoms with van der Waals surface area (Å²) >= 11 is 0. The number of nitrogens with one attached hydrogen (secondary N) is 2. The van der Waals surface area contributed by atoms with Crippen LogP contribution in [-0.2, 0) is 9.53 Å². The quantitative estimate of drug-likeness (QED) is 0.614. The third kappa shape index (κ3) is 4.28. The summed E-state index contributed by atoms with van der Waals surface area (Å²) in [6, 6.07) is 1.82. The maximum Gasteiger partial charge on any atom is 0.239 e. The SMILES string of the molecule is COCCNC(=O)CNc1nccc(C)c1N. The first-order valence-electron chi connectivity index (χ1n) is 5.35. The van der Waals surface area contributed by atoms with Crippen molar-refractivity contribution in [2.45, 2.75) is 6.92 Å². The van der Waals surface area contributed by atoms with Crippen molar-refractivity contribution in [2.75, 3.05) is 37.9 Å². The summed E-state index contributed by atoms with van der Waals surface area (Å²) in [5.74, 6) is 0.414. The number of hydrogen-bond donors (Lipinski definition) is 3. The van der Waals surface area contributed by atoms with E-state index in [4.69, 9.17) is 10.5 Å². The number of carbonyl (C=O) groups is 1. The molecular formula is C11H18N4O2. The molecule has 6 nitrogen and oxygen atoms in total. The van der Waals surface area contributed by atoms with Gasteiger partial charge >= 0.3 is 0 Å². The van der Waals surface area contributed by atoms with Gasteiger partial charge in [-0.15, -0.1) is 0 Å². The molecule has 1 aromatic heterocycles. The largest absolute Gasteiger partial charge is 0.396 e. The Morgan fingerprint density at radius 3 is 3.06 bits per heavy atom. The Labute approximate surface area is 101 Å². The van der Waals surface area contributed by atoms with Crippen molar-refractivity contribution in [3.05, 3.63) is 17.8 Å². The molecule has 0 spiro atoms. The van der Waals surface area contributed by atoms with Gasteiger partial charge in [-0.3, -0.25) is 4.79 Å². The van der Waals surface area contributed by atoms with Gasteiger partial charge in [0.05, 0.1) is 18.8 Å². The molecule has 1 aromatic rings. The van der Waals surface area contributed by atoms with Crippen molar-refractivity contribution in [2.24, 2.45) is 0 Å². The number of rotatable bonds is 6. The molecule has 0 fully saturated rings. The van der Waals surface area contributed by atoms with Gasteiger partial charge in [0.15, 0.2) is 0 Å². The molecule has 94 valence electrons. The van der Waals surface area contributed by atoms with Crippen LogP contribution in [0.2, 0.25) is 0 Å². The normalized spacial score (nSPS) is 10.0. The Morgan fingerprint density at radius 1 is 1.59 bits per heavy atom. The van der Waals surface area contributed by atoms with Crippen LogP contribution in [0.4, 0.5) is 11.5 Å². The zero-order chi connectivity index (χ0) is 12.7. The van der Waals surface area contributed by atoms with Gasteiger partial charge in [0.2, 0.25) is 5.91 Å². The van der Waals surface area contributed by atoms with Crippen LogP contribution in [0.15, 0.2) is 12.3 Å². The van der Waals surface area contributed by atoms with Gasteiger partial charge in [-0.1, -0.05) is 0 Å². The van der Waals surface area contributed by atoms with Crippen LogP contribution >= 0.6 is 0 Å². The van der Waals surface area contributed by atoms with Gasteiger partial charge in [-0.05, 0) is 18.6 Å². The number of carbonyl (C=O) groups excluding carboxylic acids is 1. The lowest BCUT2D eigenvalue weighted by Crippen LogP contribution is -2.32. The van der Waals surface area contributed by atoms with E-state index in [1.54, 1.807) is 13.3 Å². The summed E-state index contributed by atoms with van der Waals surface area (Å²) in [5, 5.41) is 5.58. The molecule has 0 aromatic carbocycles. The van der Waals surface area contributed by atoms with Crippen LogP contribution in [-0.4, -0.2) is 37.7 Å². The van der Waals surface area contributed by atoms with Crippen LogP contribution < -0.4 is 16.4 Å². The van der Waals surface area contributed by atoms with E-state index >= 15 is 0 Å². The van der Waals surface area contributed by atoms with E-state index in [0.29, 0.717) is 24.7 Å². The Kier molecular flexibility index (Phi) is 5.22. The maximum atomic E-state index is 11.4. The number of amides is 1. The molecule has 0 aliphatic carbocycles. The van der Waals surface area contributed by atoms with Crippen LogP contribution in [0.25, 0.3) is 0 Å². The van der Waals surface area contributed by atoms with E-state index in [1.165, 1.54) is 0 Å². The van der Waals surface area contributed by atoms with Crippen molar-refractivity contribution in [1.82, 2.24) is 10.3 Å². The molecule has 0 saturated carbocycles. The van der Waals surface area contributed by atoms with Gasteiger partial charge < -0.3 is 21.1 Å². The topological polar surface area (TPSA) is 89.3 Å². The first kappa shape index (κ1) is 13.2. The average Bonchev–Trinajstić information content (AvgIpc) is 2.31. The Hall–Kier alpha value is -1.82. The van der Waals surface area contributed by atoms with Crippen molar-refractivity contribution in [3.63, 3.8) is 0 Å². The molecule has 0 atom stereocenters. The highest BCUT2D eigenvalue weighted by Gasteiger charge is 2.05. The highest BCUT2D eigenvalue weighted by molar-refractivity contribution is 5.81. The zero-order valence-corrected chi connectivity index (χ0v) is 10.1. The molecule has 6 heteroatoms. The van der Waals surface area contributed by atoms with Gasteiger partial charge in [0.25, 0.3) is 0 Å². The lowest BCUT2D eigenvalue weighted by atomic mass is 10.2. The number of aryl methyl sites for hydroxylation is 1. The van der Waals surface area contributed by atoms with Gasteiger partial charge in [-0.2, -0.15) is 0 Å². The predicted octanol–water partition coefficient (Wildman–Crippen LogP) is 0.147. The summed E-state index contributed by atoms with van der Waals surface area (Å²) < 4.78 is 4.82. The highest BCUT2D eigenvalue weighted by Crippen LogP contribution is 2.17. The number of nitrogen functional groups attached to an aromatic ring is 1. The number of pyridine rings is 1. The number of hydrogen-bond acceptors (Lipinski definition) is 5. The van der Waals surface area contributed by atoms with E-state index in [9.17, 15) is 4.79 Å². The Morgan fingerprint density at radius 2 is 2.35 bits per heavy atom. The number of nitrogens with two attached hydrogens (primary N) is 1. The molecular weight excluding hydrogens is 220 g/mol. The lowest BCUT2D eigenvalue weighted by Gasteiger charge is -2.09. The second-order valence-corrected chi connectivity index (χ2v) is 3.59. The fourth-order valence-electron chi connectivity index (χ4n) is 1.23. The smallest absolute Gasteiger partial charge is 0.239 e. The molecule has 0 radical (unpaired) electrons. The van der Waals surface area contributed by atoms with Gasteiger partial charge in [0, 0.05) is 19.9 Å². The number of anilines is 2. The molecule has 0 aliphatic rings. The molecule has 1 amide bonds. The van der Waals surface area contributed by atoms with Gasteiger partial charge in [-0.25, -0.2) is 4.98 Å². The van der Waals surface area contributed by atoms with Crippen molar-refractivity contribution in [1.29, 1.82) is 0 Å². The van der Waals surface area contributed by atoms with E-state index in [1.807, 2.05) is 13.0 Å². The minimum absolute atomic E-state index is 0.121. The lowest BCUT2D eigenvalue weighted by molar-refractivity contribution is -0.119. The molecule has 4 N–H and O–H groups in total. The van der Waals surface area contributed by atoms with Crippen LogP contribution in [0.1, 0.15) is 5.56 Å². The highest BCUT2D eigenvalue weighted by atomic mass is 16.5. The third-order valence-electron chi connectivity index (χ3n) is 2.25. The summed E-state index contributed by atoms with van der Waals surface area (Å²) in [5.41, 5.74) is 7.31. The molecule has 0 unspecified atom stereocenters. The number of nitrogens with zero attached hydrogens (tertiary/aromatic N) is 1. The van der Waals surface area contributed by atoms with Crippen LogP contribution in [0.5, 0.6) is 0 Å². The second kappa shape index (κ2) is 6.70. The Bertz CT molecular complexity index is 382. The second-order valence-electron chi connectivity index (χ2n) is 3.59. The molecule has 0 bridgehead atoms. The maximum absolute atomic E-state index is 11.4. The average molecular weight is 238 g/mol. The third-order valence-corrected chi connectivity index (χ3v) is 2.25. The summed E-state index contributed by atoms with van der Waals surface area (Å²) in [6.07, 6.45) is 1.65. The fraction of sp³-hybridized carbons (Fsp3) is 0.455. The number of ether oxygens (including phenoxy) is 1. The van der Waals surface area contributed by atoms with E-state index in [0.717, 1.165) is 5.56 Å². The molecule has 1 rings (SSSR count).